The van der Waals surface area contributed by atoms with Gasteiger partial charge in [0.05, 0.1) is 5.56 Å². The second-order valence-corrected chi connectivity index (χ2v) is 6.77. The quantitative estimate of drug-likeness (QED) is 0.464. The third-order valence-corrected chi connectivity index (χ3v) is 4.57. The van der Waals surface area contributed by atoms with Crippen molar-refractivity contribution in [2.45, 2.75) is 26.2 Å². The molecule has 2 nitrogen and oxygen atoms in total. The smallest absolute Gasteiger partial charge is 0.343 e. The van der Waals surface area contributed by atoms with E-state index in [2.05, 4.69) is 45.0 Å². The highest BCUT2D eigenvalue weighted by atomic mass is 16.5. The molecule has 2 heteroatoms. The van der Waals surface area contributed by atoms with Crippen molar-refractivity contribution >= 4 is 5.97 Å². The van der Waals surface area contributed by atoms with Crippen molar-refractivity contribution < 1.29 is 9.53 Å². The average molecular weight is 330 g/mol. The maximum absolute atomic E-state index is 12.1. The van der Waals surface area contributed by atoms with Crippen molar-refractivity contribution in [1.82, 2.24) is 0 Å². The number of aryl methyl sites for hydroxylation is 1. The van der Waals surface area contributed by atoms with Gasteiger partial charge in [0.25, 0.3) is 0 Å². The van der Waals surface area contributed by atoms with Crippen LogP contribution in [0, 0.1) is 6.92 Å². The topological polar surface area (TPSA) is 26.3 Å². The Morgan fingerprint density at radius 1 is 0.760 bits per heavy atom. The van der Waals surface area contributed by atoms with Gasteiger partial charge >= 0.3 is 5.97 Å². The summed E-state index contributed by atoms with van der Waals surface area (Å²) >= 11 is 0. The molecule has 0 saturated carbocycles. The minimum absolute atomic E-state index is 0.115. The molecule has 0 aromatic heterocycles. The molecule has 126 valence electrons. The Morgan fingerprint density at radius 3 is 1.84 bits per heavy atom. The summed E-state index contributed by atoms with van der Waals surface area (Å²) in [5, 5.41) is 0. The van der Waals surface area contributed by atoms with Crippen LogP contribution in [0.3, 0.4) is 0 Å². The van der Waals surface area contributed by atoms with Gasteiger partial charge in [0.2, 0.25) is 0 Å². The summed E-state index contributed by atoms with van der Waals surface area (Å²) in [4.78, 5) is 12.1. The molecular formula is C23H22O2. The Morgan fingerprint density at radius 2 is 1.28 bits per heavy atom. The number of esters is 1. The van der Waals surface area contributed by atoms with Crippen molar-refractivity contribution in [3.8, 4) is 5.75 Å². The second kappa shape index (κ2) is 6.94. The van der Waals surface area contributed by atoms with Crippen LogP contribution in [-0.4, -0.2) is 5.97 Å². The number of ether oxygens (including phenoxy) is 1. The predicted octanol–water partition coefficient (Wildman–Crippen LogP) is 5.54. The second-order valence-electron chi connectivity index (χ2n) is 6.77. The minimum atomic E-state index is -0.342. The Hall–Kier alpha value is -2.87. The van der Waals surface area contributed by atoms with Gasteiger partial charge in [-0.05, 0) is 42.3 Å². The van der Waals surface area contributed by atoms with Crippen molar-refractivity contribution in [3.63, 3.8) is 0 Å². The fourth-order valence-electron chi connectivity index (χ4n) is 2.82. The molecule has 3 aromatic carbocycles. The lowest BCUT2D eigenvalue weighted by molar-refractivity contribution is 0.0734. The molecule has 0 unspecified atom stereocenters. The minimum Gasteiger partial charge on any atom is -0.423 e. The lowest BCUT2D eigenvalue weighted by Crippen LogP contribution is -2.18. The van der Waals surface area contributed by atoms with Gasteiger partial charge in [-0.15, -0.1) is 0 Å². The van der Waals surface area contributed by atoms with Crippen LogP contribution < -0.4 is 4.74 Å². The molecule has 0 radical (unpaired) electrons. The summed E-state index contributed by atoms with van der Waals surface area (Å²) in [6.07, 6.45) is 0. The zero-order valence-electron chi connectivity index (χ0n) is 14.8. The van der Waals surface area contributed by atoms with Crippen molar-refractivity contribution in [2.75, 3.05) is 0 Å². The zero-order chi connectivity index (χ0) is 17.9. The first-order valence-electron chi connectivity index (χ1n) is 8.42. The summed E-state index contributed by atoms with van der Waals surface area (Å²) in [6.45, 7) is 6.48. The normalized spacial score (nSPS) is 11.2. The van der Waals surface area contributed by atoms with Gasteiger partial charge in [0, 0.05) is 5.41 Å². The lowest BCUT2D eigenvalue weighted by Gasteiger charge is -2.26. The van der Waals surface area contributed by atoms with E-state index in [4.69, 9.17) is 4.74 Å². The van der Waals surface area contributed by atoms with Crippen LogP contribution in [0.1, 0.15) is 40.9 Å². The number of carbonyl (C=O) groups is 1. The van der Waals surface area contributed by atoms with E-state index in [-0.39, 0.29) is 11.4 Å². The van der Waals surface area contributed by atoms with Gasteiger partial charge in [-0.1, -0.05) is 74.0 Å². The Bertz CT molecular complexity index is 845. The van der Waals surface area contributed by atoms with Crippen LogP contribution >= 0.6 is 0 Å². The third kappa shape index (κ3) is 3.80. The number of rotatable bonds is 4. The molecule has 0 bridgehead atoms. The zero-order valence-corrected chi connectivity index (χ0v) is 14.8. The molecule has 0 heterocycles. The fraction of sp³-hybridized carbons (Fsp3) is 0.174. The largest absolute Gasteiger partial charge is 0.423 e. The van der Waals surface area contributed by atoms with Gasteiger partial charge in [-0.25, -0.2) is 4.79 Å². The van der Waals surface area contributed by atoms with Crippen LogP contribution in [0.15, 0.2) is 78.9 Å². The molecule has 0 amide bonds. The highest BCUT2D eigenvalue weighted by Crippen LogP contribution is 2.32. The van der Waals surface area contributed by atoms with E-state index in [0.717, 1.165) is 0 Å². The van der Waals surface area contributed by atoms with Gasteiger partial charge in [-0.3, -0.25) is 0 Å². The van der Waals surface area contributed by atoms with Gasteiger partial charge in [0.1, 0.15) is 5.75 Å². The van der Waals surface area contributed by atoms with E-state index in [9.17, 15) is 4.79 Å². The Labute approximate surface area is 149 Å². The van der Waals surface area contributed by atoms with Crippen LogP contribution in [-0.2, 0) is 5.41 Å². The molecule has 0 aliphatic carbocycles. The maximum Gasteiger partial charge on any atom is 0.343 e. The number of hydrogen-bond donors (Lipinski definition) is 0. The third-order valence-electron chi connectivity index (χ3n) is 4.57. The van der Waals surface area contributed by atoms with Gasteiger partial charge in [0.15, 0.2) is 0 Å². The molecule has 3 rings (SSSR count). The maximum atomic E-state index is 12.1. The van der Waals surface area contributed by atoms with E-state index in [1.165, 1.54) is 16.7 Å². The van der Waals surface area contributed by atoms with E-state index in [0.29, 0.717) is 11.3 Å². The molecule has 0 fully saturated rings. The Balaban J connectivity index is 1.77. The van der Waals surface area contributed by atoms with E-state index >= 15 is 0 Å². The van der Waals surface area contributed by atoms with Crippen LogP contribution in [0.5, 0.6) is 5.75 Å². The fourth-order valence-corrected chi connectivity index (χ4v) is 2.82. The first kappa shape index (κ1) is 17.0. The Kier molecular flexibility index (Phi) is 4.71. The highest BCUT2D eigenvalue weighted by molar-refractivity contribution is 5.90. The molecule has 0 aliphatic heterocycles. The summed E-state index contributed by atoms with van der Waals surface area (Å²) in [6, 6.07) is 25.4. The SMILES string of the molecule is Cc1ccc(C(C)(C)c2ccc(OC(=O)c3ccccc3)cc2)cc1. The standard InChI is InChI=1S/C23H22O2/c1-17-9-11-19(12-10-17)23(2,3)20-13-15-21(16-14-20)25-22(24)18-7-5-4-6-8-18/h4-16H,1-3H3. The van der Waals surface area contributed by atoms with Crippen molar-refractivity contribution in [1.29, 1.82) is 0 Å². The van der Waals surface area contributed by atoms with Gasteiger partial charge < -0.3 is 4.74 Å². The van der Waals surface area contributed by atoms with E-state index in [1.807, 2.05) is 42.5 Å². The monoisotopic (exact) mass is 330 g/mol. The molecule has 25 heavy (non-hydrogen) atoms. The summed E-state index contributed by atoms with van der Waals surface area (Å²) in [5.74, 6) is 0.212. The van der Waals surface area contributed by atoms with E-state index in [1.54, 1.807) is 12.1 Å². The van der Waals surface area contributed by atoms with E-state index < -0.39 is 0 Å². The summed E-state index contributed by atoms with van der Waals surface area (Å²) in [7, 11) is 0. The van der Waals surface area contributed by atoms with Crippen LogP contribution in [0.25, 0.3) is 0 Å². The van der Waals surface area contributed by atoms with Crippen LogP contribution in [0.4, 0.5) is 0 Å². The van der Waals surface area contributed by atoms with Crippen molar-refractivity contribution in [2.24, 2.45) is 0 Å². The molecule has 0 aliphatic rings. The molecule has 0 N–H and O–H groups in total. The predicted molar refractivity (Wildman–Crippen MR) is 101 cm³/mol. The molecule has 0 atom stereocenters. The molecule has 0 saturated heterocycles. The van der Waals surface area contributed by atoms with Crippen LogP contribution in [0.2, 0.25) is 0 Å². The summed E-state index contributed by atoms with van der Waals surface area (Å²) < 4.78 is 5.45. The highest BCUT2D eigenvalue weighted by Gasteiger charge is 2.23. The van der Waals surface area contributed by atoms with Crippen molar-refractivity contribution in [3.05, 3.63) is 101 Å². The first-order chi connectivity index (χ1) is 12.0. The number of benzene rings is 3. The summed E-state index contributed by atoms with van der Waals surface area (Å²) in [5.41, 5.74) is 4.12. The molecular weight excluding hydrogens is 308 g/mol. The lowest BCUT2D eigenvalue weighted by atomic mass is 9.78. The number of carbonyl (C=O) groups excluding carboxylic acids is 1. The molecule has 0 spiro atoms. The van der Waals surface area contributed by atoms with Gasteiger partial charge in [-0.2, -0.15) is 0 Å². The number of hydrogen-bond acceptors (Lipinski definition) is 2. The molecule has 3 aromatic rings. The first-order valence-corrected chi connectivity index (χ1v) is 8.42. The average Bonchev–Trinajstić information content (AvgIpc) is 2.63.